The number of morpholine rings is 1. The smallest absolute Gasteiger partial charge is 0.250 e. The largest absolute Gasteiger partial charge is 0.454 e. The number of fused-ring (bicyclic) bond motifs is 2. The van der Waals surface area contributed by atoms with Crippen LogP contribution in [-0.2, 0) is 11.3 Å². The number of anilines is 2. The second-order valence-electron chi connectivity index (χ2n) is 8.53. The van der Waals surface area contributed by atoms with Gasteiger partial charge in [-0.2, -0.15) is 0 Å². The number of rotatable bonds is 5. The van der Waals surface area contributed by atoms with Crippen LogP contribution >= 0.6 is 23.4 Å². The first-order chi connectivity index (χ1) is 17.6. The number of pyridine rings is 2. The van der Waals surface area contributed by atoms with Crippen LogP contribution in [-0.4, -0.2) is 36.3 Å². The Morgan fingerprint density at radius 3 is 2.83 bits per heavy atom. The van der Waals surface area contributed by atoms with E-state index in [2.05, 4.69) is 26.3 Å². The maximum Gasteiger partial charge on any atom is 0.250 e. The fourth-order valence-corrected chi connectivity index (χ4v) is 5.54. The van der Waals surface area contributed by atoms with Crippen LogP contribution < -0.4 is 20.5 Å². The minimum atomic E-state index is -0.139. The molecule has 2 aromatic heterocycles. The fraction of sp³-hybridized carbons (Fsp3) is 0.185. The summed E-state index contributed by atoms with van der Waals surface area (Å²) in [5, 5.41) is 4.10. The predicted molar refractivity (Wildman–Crippen MR) is 143 cm³/mol. The molecular formula is C27H23ClN4O3S. The summed E-state index contributed by atoms with van der Waals surface area (Å²) in [6.45, 7) is 3.42. The van der Waals surface area contributed by atoms with Gasteiger partial charge in [-0.15, -0.1) is 0 Å². The first-order valence-corrected chi connectivity index (χ1v) is 12.9. The lowest BCUT2D eigenvalue weighted by Gasteiger charge is -2.29. The zero-order chi connectivity index (χ0) is 24.5. The number of benzene rings is 2. The molecule has 6 rings (SSSR count). The van der Waals surface area contributed by atoms with Crippen molar-refractivity contribution in [2.75, 3.05) is 36.5 Å². The summed E-state index contributed by atoms with van der Waals surface area (Å²) in [5.74, 6) is 1.52. The van der Waals surface area contributed by atoms with Crippen molar-refractivity contribution in [3.05, 3.63) is 87.9 Å². The second kappa shape index (κ2) is 9.89. The molecule has 2 aliphatic rings. The lowest BCUT2D eigenvalue weighted by atomic mass is 10.1. The van der Waals surface area contributed by atoms with Gasteiger partial charge >= 0.3 is 0 Å². The number of H-pyrrole nitrogens is 1. The minimum absolute atomic E-state index is 0.139. The number of hydrogen-bond donors (Lipinski definition) is 2. The lowest BCUT2D eigenvalue weighted by molar-refractivity contribution is 0.122. The van der Waals surface area contributed by atoms with Gasteiger partial charge in [-0.3, -0.25) is 9.78 Å². The first-order valence-electron chi connectivity index (χ1n) is 11.7. The molecule has 1 fully saturated rings. The van der Waals surface area contributed by atoms with Crippen LogP contribution in [0.3, 0.4) is 0 Å². The molecule has 4 heterocycles. The Bertz CT molecular complexity index is 1490. The third-order valence-electron chi connectivity index (χ3n) is 6.18. The Morgan fingerprint density at radius 2 is 1.97 bits per heavy atom. The average molecular weight is 519 g/mol. The predicted octanol–water partition coefficient (Wildman–Crippen LogP) is 5.80. The topological polar surface area (TPSA) is 79.5 Å². The highest BCUT2D eigenvalue weighted by atomic mass is 35.5. The molecule has 0 saturated carbocycles. The number of aromatic amines is 1. The van der Waals surface area contributed by atoms with Crippen molar-refractivity contribution < 1.29 is 9.47 Å². The monoisotopic (exact) mass is 518 g/mol. The molecule has 0 unspecified atom stereocenters. The van der Waals surface area contributed by atoms with E-state index in [4.69, 9.17) is 21.1 Å². The Kier molecular flexibility index (Phi) is 6.31. The third kappa shape index (κ3) is 4.67. The summed E-state index contributed by atoms with van der Waals surface area (Å²) in [4.78, 5) is 23.9. The van der Waals surface area contributed by atoms with Gasteiger partial charge in [0.1, 0.15) is 5.75 Å². The summed E-state index contributed by atoms with van der Waals surface area (Å²) in [7, 11) is 0. The van der Waals surface area contributed by atoms with Gasteiger partial charge in [0.05, 0.1) is 28.7 Å². The van der Waals surface area contributed by atoms with E-state index in [0.717, 1.165) is 62.6 Å². The van der Waals surface area contributed by atoms with E-state index in [1.807, 2.05) is 36.4 Å². The summed E-state index contributed by atoms with van der Waals surface area (Å²) in [6.07, 6.45) is 3.45. The standard InChI is InChI=1S/C27H23ClN4O3S/c28-21-6-7-29-15-17(21)16-30-18-4-5-23-25(12-18)36-24-3-1-2-20(27(24)35-23)22-13-19(14-26(33)31-22)32-8-10-34-11-9-32/h1-7,12-15,30H,8-11,16H2,(H,31,33). The number of halogens is 1. The highest BCUT2D eigenvalue weighted by Crippen LogP contribution is 2.51. The maximum absolute atomic E-state index is 12.5. The van der Waals surface area contributed by atoms with Gasteiger partial charge in [-0.05, 0) is 42.5 Å². The van der Waals surface area contributed by atoms with Crippen molar-refractivity contribution in [1.82, 2.24) is 9.97 Å². The van der Waals surface area contributed by atoms with Gasteiger partial charge in [0.2, 0.25) is 5.56 Å². The normalized spacial score (nSPS) is 14.5. The van der Waals surface area contributed by atoms with E-state index in [1.165, 1.54) is 0 Å². The Balaban J connectivity index is 1.27. The Hall–Kier alpha value is -3.46. The molecule has 7 nitrogen and oxygen atoms in total. The molecular weight excluding hydrogens is 496 g/mol. The van der Waals surface area contributed by atoms with E-state index in [9.17, 15) is 4.79 Å². The van der Waals surface area contributed by atoms with Crippen molar-refractivity contribution in [3.63, 3.8) is 0 Å². The Morgan fingerprint density at radius 1 is 1.08 bits per heavy atom. The van der Waals surface area contributed by atoms with Crippen LogP contribution in [0.4, 0.5) is 11.4 Å². The molecule has 9 heteroatoms. The molecule has 0 spiro atoms. The lowest BCUT2D eigenvalue weighted by Crippen LogP contribution is -2.36. The van der Waals surface area contributed by atoms with Crippen molar-refractivity contribution in [3.8, 4) is 22.8 Å². The highest BCUT2D eigenvalue weighted by molar-refractivity contribution is 7.99. The molecule has 0 atom stereocenters. The maximum atomic E-state index is 12.5. The summed E-state index contributed by atoms with van der Waals surface area (Å²) >= 11 is 7.90. The first kappa shape index (κ1) is 23.0. The van der Waals surface area contributed by atoms with Crippen LogP contribution in [0.15, 0.2) is 81.6 Å². The van der Waals surface area contributed by atoms with Crippen molar-refractivity contribution in [2.24, 2.45) is 0 Å². The number of aromatic nitrogens is 2. The Labute approximate surface area is 217 Å². The molecule has 1 saturated heterocycles. The van der Waals surface area contributed by atoms with Gasteiger partial charge in [0.15, 0.2) is 5.75 Å². The molecule has 182 valence electrons. The van der Waals surface area contributed by atoms with Gasteiger partial charge in [0.25, 0.3) is 0 Å². The van der Waals surface area contributed by atoms with Crippen LogP contribution in [0, 0.1) is 0 Å². The van der Waals surface area contributed by atoms with E-state index in [0.29, 0.717) is 24.8 Å². The molecule has 4 aromatic rings. The van der Waals surface area contributed by atoms with Crippen molar-refractivity contribution >= 4 is 34.7 Å². The number of nitrogens with zero attached hydrogens (tertiary/aromatic N) is 2. The molecule has 0 bridgehead atoms. The second-order valence-corrected chi connectivity index (χ2v) is 10.0. The van der Waals surface area contributed by atoms with Crippen LogP contribution in [0.2, 0.25) is 5.02 Å². The van der Waals surface area contributed by atoms with E-state index in [1.54, 1.807) is 36.3 Å². The quantitative estimate of drug-likeness (QED) is 0.304. The van der Waals surface area contributed by atoms with Crippen LogP contribution in [0.1, 0.15) is 5.56 Å². The SMILES string of the molecule is O=c1cc(N2CCOCC2)cc(-c2cccc3c2Oc2ccc(NCc4cnccc4Cl)cc2S3)[nH]1. The number of ether oxygens (including phenoxy) is 2. The van der Waals surface area contributed by atoms with Crippen molar-refractivity contribution in [2.45, 2.75) is 16.3 Å². The zero-order valence-corrected chi connectivity index (χ0v) is 20.9. The minimum Gasteiger partial charge on any atom is -0.454 e. The molecule has 0 radical (unpaired) electrons. The fourth-order valence-electron chi connectivity index (χ4n) is 4.34. The molecule has 0 amide bonds. The van der Waals surface area contributed by atoms with E-state index in [-0.39, 0.29) is 5.56 Å². The summed E-state index contributed by atoms with van der Waals surface area (Å²) in [5.41, 5.74) is 4.24. The van der Waals surface area contributed by atoms with Gasteiger partial charge in [-0.25, -0.2) is 0 Å². The molecule has 36 heavy (non-hydrogen) atoms. The van der Waals surface area contributed by atoms with Gasteiger partial charge in [-0.1, -0.05) is 29.4 Å². The number of nitrogens with one attached hydrogen (secondary N) is 2. The molecule has 2 N–H and O–H groups in total. The van der Waals surface area contributed by atoms with E-state index >= 15 is 0 Å². The summed E-state index contributed by atoms with van der Waals surface area (Å²) in [6, 6.07) is 17.5. The third-order valence-corrected chi connectivity index (χ3v) is 7.63. The molecule has 0 aliphatic carbocycles. The van der Waals surface area contributed by atoms with E-state index < -0.39 is 0 Å². The van der Waals surface area contributed by atoms with Gasteiger partial charge < -0.3 is 24.7 Å². The summed E-state index contributed by atoms with van der Waals surface area (Å²) < 4.78 is 11.9. The number of hydrogen-bond acceptors (Lipinski definition) is 7. The molecule has 2 aromatic carbocycles. The van der Waals surface area contributed by atoms with Crippen molar-refractivity contribution in [1.29, 1.82) is 0 Å². The zero-order valence-electron chi connectivity index (χ0n) is 19.3. The average Bonchev–Trinajstić information content (AvgIpc) is 2.91. The van der Waals surface area contributed by atoms with Gasteiger partial charge in [0, 0.05) is 65.6 Å². The van der Waals surface area contributed by atoms with Crippen LogP contribution in [0.5, 0.6) is 11.5 Å². The molecule has 2 aliphatic heterocycles. The highest BCUT2D eigenvalue weighted by Gasteiger charge is 2.23. The number of para-hydroxylation sites is 1. The van der Waals surface area contributed by atoms with Crippen LogP contribution in [0.25, 0.3) is 11.3 Å².